The molecule has 52 heavy (non-hydrogen) atoms. The zero-order chi connectivity index (χ0) is 35.9. The van der Waals surface area contributed by atoms with Gasteiger partial charge in [-0.3, -0.25) is 9.88 Å². The number of carboxylic acids is 1. The number of aliphatic carboxylic acids is 1. The predicted molar refractivity (Wildman–Crippen MR) is 184 cm³/mol. The zero-order valence-electron chi connectivity index (χ0n) is 30.2. The van der Waals surface area contributed by atoms with Gasteiger partial charge in [0.15, 0.2) is 11.5 Å². The summed E-state index contributed by atoms with van der Waals surface area (Å²) in [6.07, 6.45) is 5.96. The maximum Gasteiger partial charge on any atom is 1.00 e. The van der Waals surface area contributed by atoms with Gasteiger partial charge in [0.25, 0.3) is 0 Å². The third-order valence-corrected chi connectivity index (χ3v) is 10.4. The van der Waals surface area contributed by atoms with Crippen molar-refractivity contribution in [2.75, 3.05) is 62.8 Å². The number of piperazine rings is 1. The van der Waals surface area contributed by atoms with E-state index in [2.05, 4.69) is 29.7 Å². The SMILES string of the molecule is CCOCC1(CN(C)c2cc(-c3cnc(C4CC4)c(C(F)(F)F)c3)nc3nc(-c4cnc(N5CCN(CC(=O)[O-])C[C@H]5C)cn4)[nH]c23)CCCC1.[Na+]. The fourth-order valence-electron chi connectivity index (χ4n) is 7.74. The van der Waals surface area contributed by atoms with Gasteiger partial charge < -0.3 is 29.4 Å². The molecule has 5 heterocycles. The molecular weight excluding hydrogens is 686 g/mol. The predicted octanol–water partition coefficient (Wildman–Crippen LogP) is 1.67. The van der Waals surface area contributed by atoms with Crippen LogP contribution in [-0.2, 0) is 15.7 Å². The van der Waals surface area contributed by atoms with Crippen LogP contribution in [0.3, 0.4) is 0 Å². The molecule has 2 aliphatic carbocycles. The molecule has 3 aliphatic rings. The number of nitrogens with zero attached hydrogens (tertiary/aromatic N) is 8. The van der Waals surface area contributed by atoms with Gasteiger partial charge >= 0.3 is 35.7 Å². The van der Waals surface area contributed by atoms with E-state index in [9.17, 15) is 23.1 Å². The van der Waals surface area contributed by atoms with Crippen LogP contribution in [0.5, 0.6) is 0 Å². The molecule has 4 aromatic heterocycles. The maximum absolute atomic E-state index is 14.2. The van der Waals surface area contributed by atoms with E-state index in [1.807, 2.05) is 31.9 Å². The summed E-state index contributed by atoms with van der Waals surface area (Å²) in [6.45, 7) is 7.55. The minimum atomic E-state index is -4.54. The quantitative estimate of drug-likeness (QED) is 0.213. The number of fused-ring (bicyclic) bond motifs is 1. The molecule has 1 saturated heterocycles. The van der Waals surface area contributed by atoms with Gasteiger partial charge in [0.05, 0.1) is 47.6 Å². The summed E-state index contributed by atoms with van der Waals surface area (Å²) in [5.74, 6) is -0.169. The second-order valence-electron chi connectivity index (χ2n) is 14.3. The van der Waals surface area contributed by atoms with Crippen LogP contribution in [0.15, 0.2) is 30.7 Å². The molecule has 0 radical (unpaired) electrons. The molecule has 16 heteroatoms. The van der Waals surface area contributed by atoms with Gasteiger partial charge in [-0.25, -0.2) is 19.9 Å². The average molecular weight is 730 g/mol. The number of H-pyrrole nitrogens is 1. The number of rotatable bonds is 12. The molecule has 4 aromatic rings. The van der Waals surface area contributed by atoms with Crippen molar-refractivity contribution in [2.24, 2.45) is 5.41 Å². The maximum atomic E-state index is 14.2. The normalized spacial score (nSPS) is 19.2. The van der Waals surface area contributed by atoms with Crippen LogP contribution in [0.1, 0.15) is 69.5 Å². The van der Waals surface area contributed by atoms with Crippen molar-refractivity contribution < 1.29 is 57.4 Å². The van der Waals surface area contributed by atoms with E-state index in [0.29, 0.717) is 86.4 Å². The minimum Gasteiger partial charge on any atom is -0.549 e. The minimum absolute atomic E-state index is 0. The van der Waals surface area contributed by atoms with E-state index >= 15 is 0 Å². The van der Waals surface area contributed by atoms with Crippen molar-refractivity contribution in [3.63, 3.8) is 0 Å². The number of anilines is 2. The topological polar surface area (TPSA) is 139 Å². The number of carbonyl (C=O) groups excluding carboxylic acids is 1. The number of carbonyl (C=O) groups is 1. The van der Waals surface area contributed by atoms with E-state index in [1.54, 1.807) is 12.4 Å². The Morgan fingerprint density at radius 1 is 1.08 bits per heavy atom. The number of hydrogen-bond acceptors (Lipinski definition) is 11. The molecule has 0 bridgehead atoms. The number of carboxylic acid groups (broad SMARTS) is 1. The summed E-state index contributed by atoms with van der Waals surface area (Å²) in [7, 11) is 1.99. The Hall–Kier alpha value is -3.37. The van der Waals surface area contributed by atoms with E-state index in [4.69, 9.17) is 14.7 Å². The Morgan fingerprint density at radius 2 is 1.85 bits per heavy atom. The summed E-state index contributed by atoms with van der Waals surface area (Å²) in [6, 6.07) is 3.00. The van der Waals surface area contributed by atoms with Crippen LogP contribution >= 0.6 is 0 Å². The van der Waals surface area contributed by atoms with Crippen molar-refractivity contribution in [2.45, 2.75) is 70.5 Å². The van der Waals surface area contributed by atoms with Crippen molar-refractivity contribution >= 4 is 28.6 Å². The van der Waals surface area contributed by atoms with Crippen LogP contribution in [0.4, 0.5) is 24.7 Å². The number of aromatic nitrogens is 6. The van der Waals surface area contributed by atoms with Crippen molar-refractivity contribution in [3.8, 4) is 22.8 Å². The average Bonchev–Trinajstić information content (AvgIpc) is 3.69. The number of aromatic amines is 1. The number of pyridine rings is 2. The van der Waals surface area contributed by atoms with Crippen LogP contribution in [0.2, 0.25) is 0 Å². The molecule has 0 unspecified atom stereocenters. The molecule has 1 atom stereocenters. The molecule has 0 spiro atoms. The first-order valence-corrected chi connectivity index (χ1v) is 17.7. The molecule has 1 aliphatic heterocycles. The fraction of sp³-hybridized carbons (Fsp3) is 0.556. The Labute approximate surface area is 322 Å². The van der Waals surface area contributed by atoms with Gasteiger partial charge in [-0.2, -0.15) is 13.2 Å². The van der Waals surface area contributed by atoms with E-state index in [0.717, 1.165) is 31.4 Å². The second-order valence-corrected chi connectivity index (χ2v) is 14.3. The van der Waals surface area contributed by atoms with Gasteiger partial charge in [-0.15, -0.1) is 0 Å². The monoisotopic (exact) mass is 729 g/mol. The number of halogens is 3. The third-order valence-electron chi connectivity index (χ3n) is 10.4. The molecule has 1 N–H and O–H groups in total. The molecule has 2 saturated carbocycles. The smallest absolute Gasteiger partial charge is 0.549 e. The zero-order valence-corrected chi connectivity index (χ0v) is 32.2. The first kappa shape index (κ1) is 38.4. The molecule has 0 amide bonds. The van der Waals surface area contributed by atoms with E-state index in [-0.39, 0.29) is 64.7 Å². The number of alkyl halides is 3. The Kier molecular flexibility index (Phi) is 11.5. The summed E-state index contributed by atoms with van der Waals surface area (Å²) in [5, 5.41) is 11.1. The van der Waals surface area contributed by atoms with Gasteiger partial charge in [-0.1, -0.05) is 12.8 Å². The Morgan fingerprint density at radius 3 is 2.48 bits per heavy atom. The van der Waals surface area contributed by atoms with Gasteiger partial charge in [0, 0.05) is 75.5 Å². The number of hydrogen-bond donors (Lipinski definition) is 1. The largest absolute Gasteiger partial charge is 1.00 e. The fourth-order valence-corrected chi connectivity index (χ4v) is 7.74. The van der Waals surface area contributed by atoms with Crippen molar-refractivity contribution in [3.05, 3.63) is 42.0 Å². The molecule has 0 aromatic carbocycles. The van der Waals surface area contributed by atoms with Crippen LogP contribution in [0.25, 0.3) is 33.9 Å². The van der Waals surface area contributed by atoms with Crippen molar-refractivity contribution in [1.29, 1.82) is 0 Å². The summed E-state index contributed by atoms with van der Waals surface area (Å²) < 4.78 is 48.7. The first-order chi connectivity index (χ1) is 24.4. The number of nitrogens with one attached hydrogen (secondary N) is 1. The molecule has 272 valence electrons. The van der Waals surface area contributed by atoms with Gasteiger partial charge in [0.2, 0.25) is 0 Å². The molecular formula is C36H43F3N9NaO3. The van der Waals surface area contributed by atoms with Crippen LogP contribution in [0, 0.1) is 5.41 Å². The number of ether oxygens (including phenoxy) is 1. The summed E-state index contributed by atoms with van der Waals surface area (Å²) >= 11 is 0. The van der Waals surface area contributed by atoms with Crippen LogP contribution < -0.4 is 44.5 Å². The van der Waals surface area contributed by atoms with E-state index in [1.165, 1.54) is 12.3 Å². The Balaban J connectivity index is 0.00000464. The molecule has 12 nitrogen and oxygen atoms in total. The van der Waals surface area contributed by atoms with E-state index < -0.39 is 17.7 Å². The van der Waals surface area contributed by atoms with Gasteiger partial charge in [-0.05, 0) is 51.7 Å². The molecule has 7 rings (SSSR count). The third kappa shape index (κ3) is 8.23. The Bertz CT molecular complexity index is 1880. The molecule has 3 fully saturated rings. The van der Waals surface area contributed by atoms with Crippen molar-refractivity contribution in [1.82, 2.24) is 34.8 Å². The second kappa shape index (κ2) is 15.5. The number of imidazole rings is 1. The summed E-state index contributed by atoms with van der Waals surface area (Å²) in [5.41, 5.74) is 2.18. The van der Waals surface area contributed by atoms with Crippen LogP contribution in [-0.4, -0.2) is 99.8 Å². The summed E-state index contributed by atoms with van der Waals surface area (Å²) in [4.78, 5) is 43.7. The first-order valence-electron chi connectivity index (χ1n) is 17.7. The van der Waals surface area contributed by atoms with Gasteiger partial charge in [0.1, 0.15) is 17.0 Å². The standard InChI is InChI=1S/C36H44F3N9O3.Na/c1-4-51-21-35(9-5-6-10-35)20-46(3)28-14-26(24-13-25(36(37,38)39)31(42-15-24)23-7-8-23)43-34-32(28)44-33(45-34)27-16-41-29(17-40-27)48-12-11-47(18-22(48)2)19-30(49)50;/h13-17,22-23H,4-12,18-21H2,1-3H3,(H,49,50)(H,43,44,45);/q;+1/p-1/t22-;/m1./s1.